The molecule has 152 valence electrons. The Balaban J connectivity index is 1.79. The van der Waals surface area contributed by atoms with Gasteiger partial charge in [0, 0.05) is 45.6 Å². The third-order valence-corrected chi connectivity index (χ3v) is 4.29. The number of nitrogens with one attached hydrogen (secondary N) is 2. The number of guanidine groups is 1. The second-order valence-electron chi connectivity index (χ2n) is 6.78. The largest absolute Gasteiger partial charge is 0.374 e. The molecule has 0 radical (unpaired) electrons. The van der Waals surface area contributed by atoms with Crippen molar-refractivity contribution in [3.05, 3.63) is 59.8 Å². The van der Waals surface area contributed by atoms with Crippen LogP contribution in [0.4, 0.5) is 5.82 Å². The van der Waals surface area contributed by atoms with E-state index >= 15 is 0 Å². The van der Waals surface area contributed by atoms with Gasteiger partial charge in [0.15, 0.2) is 5.96 Å². The van der Waals surface area contributed by atoms with Crippen LogP contribution >= 0.6 is 0 Å². The van der Waals surface area contributed by atoms with Crippen molar-refractivity contribution in [3.63, 3.8) is 0 Å². The molecule has 28 heavy (non-hydrogen) atoms. The number of hydrogen-bond acceptors (Lipinski definition) is 4. The molecule has 0 bridgehead atoms. The molecule has 0 saturated heterocycles. The minimum Gasteiger partial charge on any atom is -0.374 e. The normalized spacial score (nSPS) is 12.5. The highest BCUT2D eigenvalue weighted by atomic mass is 16.5. The van der Waals surface area contributed by atoms with E-state index < -0.39 is 0 Å². The first-order valence-corrected chi connectivity index (χ1v) is 9.91. The average Bonchev–Trinajstić information content (AvgIpc) is 2.72. The summed E-state index contributed by atoms with van der Waals surface area (Å²) < 4.78 is 5.93. The van der Waals surface area contributed by atoms with E-state index in [1.54, 1.807) is 0 Å². The molecule has 0 aliphatic carbocycles. The molecule has 1 heterocycles. The van der Waals surface area contributed by atoms with Crippen molar-refractivity contribution in [3.8, 4) is 0 Å². The molecular weight excluding hydrogens is 350 g/mol. The van der Waals surface area contributed by atoms with E-state index in [2.05, 4.69) is 47.7 Å². The Kier molecular flexibility index (Phi) is 9.28. The molecule has 1 unspecified atom stereocenters. The van der Waals surface area contributed by atoms with Gasteiger partial charge in [-0.15, -0.1) is 0 Å². The van der Waals surface area contributed by atoms with Crippen molar-refractivity contribution in [1.29, 1.82) is 0 Å². The maximum Gasteiger partial charge on any atom is 0.191 e. The van der Waals surface area contributed by atoms with Gasteiger partial charge in [-0.3, -0.25) is 0 Å². The first-order valence-electron chi connectivity index (χ1n) is 9.91. The number of anilines is 1. The summed E-state index contributed by atoms with van der Waals surface area (Å²) in [7, 11) is 3.99. The van der Waals surface area contributed by atoms with Gasteiger partial charge in [-0.05, 0) is 31.9 Å². The monoisotopic (exact) mass is 383 g/mol. The van der Waals surface area contributed by atoms with Gasteiger partial charge in [0.2, 0.25) is 0 Å². The Hall–Kier alpha value is -2.60. The van der Waals surface area contributed by atoms with Gasteiger partial charge in [0.05, 0.1) is 12.6 Å². The van der Waals surface area contributed by atoms with Gasteiger partial charge in [-0.25, -0.2) is 9.98 Å². The van der Waals surface area contributed by atoms with Gasteiger partial charge >= 0.3 is 0 Å². The Morgan fingerprint density at radius 2 is 1.93 bits per heavy atom. The maximum atomic E-state index is 5.93. The third-order valence-electron chi connectivity index (χ3n) is 4.29. The van der Waals surface area contributed by atoms with Crippen molar-refractivity contribution in [2.75, 3.05) is 38.7 Å². The topological polar surface area (TPSA) is 61.8 Å². The van der Waals surface area contributed by atoms with Gasteiger partial charge < -0.3 is 20.3 Å². The second-order valence-corrected chi connectivity index (χ2v) is 6.78. The minimum atomic E-state index is 0.109. The van der Waals surface area contributed by atoms with Crippen LogP contribution in [0.3, 0.4) is 0 Å². The quantitative estimate of drug-likeness (QED) is 0.374. The Morgan fingerprint density at radius 1 is 1.14 bits per heavy atom. The van der Waals surface area contributed by atoms with E-state index in [1.807, 2.05) is 49.5 Å². The van der Waals surface area contributed by atoms with Gasteiger partial charge in [-0.1, -0.05) is 36.4 Å². The fraction of sp³-hybridized carbons (Fsp3) is 0.455. The highest BCUT2D eigenvalue weighted by Crippen LogP contribution is 2.16. The highest BCUT2D eigenvalue weighted by Gasteiger charge is 2.06. The molecule has 2 aromatic rings. The van der Waals surface area contributed by atoms with Crippen LogP contribution in [-0.4, -0.2) is 44.7 Å². The van der Waals surface area contributed by atoms with E-state index in [0.29, 0.717) is 13.2 Å². The molecule has 6 nitrogen and oxygen atoms in total. The number of pyridine rings is 1. The molecule has 6 heteroatoms. The Bertz CT molecular complexity index is 718. The van der Waals surface area contributed by atoms with E-state index in [4.69, 9.17) is 9.73 Å². The molecule has 1 aromatic heterocycles. The van der Waals surface area contributed by atoms with Crippen LogP contribution < -0.4 is 15.5 Å². The zero-order valence-corrected chi connectivity index (χ0v) is 17.5. The number of rotatable bonds is 10. The van der Waals surface area contributed by atoms with Crippen molar-refractivity contribution >= 4 is 11.8 Å². The standard InChI is InChI=1S/C22H33N5O/c1-5-23-22(26-17-20-13-9-14-24-21(20)27(3)4)25-15-10-16-28-18(2)19-11-7-6-8-12-19/h6-9,11-14,18H,5,10,15-17H2,1-4H3,(H2,23,25,26). The zero-order valence-electron chi connectivity index (χ0n) is 17.5. The third kappa shape index (κ3) is 7.19. The lowest BCUT2D eigenvalue weighted by atomic mass is 10.1. The molecule has 0 fully saturated rings. The molecule has 0 spiro atoms. The first-order chi connectivity index (χ1) is 13.6. The van der Waals surface area contributed by atoms with Crippen LogP contribution in [0.15, 0.2) is 53.7 Å². The summed E-state index contributed by atoms with van der Waals surface area (Å²) in [6.45, 7) is 7.07. The molecule has 2 rings (SSSR count). The summed E-state index contributed by atoms with van der Waals surface area (Å²) in [4.78, 5) is 11.1. The maximum absolute atomic E-state index is 5.93. The predicted molar refractivity (Wildman–Crippen MR) is 117 cm³/mol. The van der Waals surface area contributed by atoms with Crippen LogP contribution in [0, 0.1) is 0 Å². The molecule has 1 atom stereocenters. The van der Waals surface area contributed by atoms with Crippen molar-refractivity contribution in [2.45, 2.75) is 32.9 Å². The first kappa shape index (κ1) is 21.7. The summed E-state index contributed by atoms with van der Waals surface area (Å²) >= 11 is 0. The lowest BCUT2D eigenvalue weighted by molar-refractivity contribution is 0.0646. The predicted octanol–water partition coefficient (Wildman–Crippen LogP) is 3.37. The molecule has 0 aliphatic rings. The molecule has 0 aliphatic heterocycles. The average molecular weight is 384 g/mol. The molecule has 0 saturated carbocycles. The van der Waals surface area contributed by atoms with Crippen LogP contribution in [0.1, 0.15) is 37.5 Å². The van der Waals surface area contributed by atoms with Crippen molar-refractivity contribution in [1.82, 2.24) is 15.6 Å². The van der Waals surface area contributed by atoms with Crippen LogP contribution in [0.2, 0.25) is 0 Å². The second kappa shape index (κ2) is 12.0. The van der Waals surface area contributed by atoms with Crippen molar-refractivity contribution < 1.29 is 4.74 Å². The minimum absolute atomic E-state index is 0.109. The lowest BCUT2D eigenvalue weighted by Crippen LogP contribution is -2.38. The summed E-state index contributed by atoms with van der Waals surface area (Å²) in [5.74, 6) is 1.76. The molecule has 1 aromatic carbocycles. The number of benzene rings is 1. The number of ether oxygens (including phenoxy) is 1. The number of hydrogen-bond donors (Lipinski definition) is 2. The van der Waals surface area contributed by atoms with E-state index in [-0.39, 0.29) is 6.10 Å². The smallest absolute Gasteiger partial charge is 0.191 e. The lowest BCUT2D eigenvalue weighted by Gasteiger charge is -2.16. The Morgan fingerprint density at radius 3 is 2.64 bits per heavy atom. The summed E-state index contributed by atoms with van der Waals surface area (Å²) in [6.07, 6.45) is 2.83. The van der Waals surface area contributed by atoms with Crippen LogP contribution in [0.25, 0.3) is 0 Å². The van der Waals surface area contributed by atoms with Crippen LogP contribution in [0.5, 0.6) is 0 Å². The van der Waals surface area contributed by atoms with Crippen molar-refractivity contribution in [2.24, 2.45) is 4.99 Å². The summed E-state index contributed by atoms with van der Waals surface area (Å²) in [5.41, 5.74) is 2.31. The summed E-state index contributed by atoms with van der Waals surface area (Å²) in [5, 5.41) is 6.67. The Labute approximate surface area is 169 Å². The van der Waals surface area contributed by atoms with E-state index in [9.17, 15) is 0 Å². The van der Waals surface area contributed by atoms with Gasteiger partial charge in [0.25, 0.3) is 0 Å². The van der Waals surface area contributed by atoms with E-state index in [0.717, 1.165) is 36.9 Å². The highest BCUT2D eigenvalue weighted by molar-refractivity contribution is 5.79. The van der Waals surface area contributed by atoms with E-state index in [1.165, 1.54) is 5.56 Å². The molecular formula is C22H33N5O. The molecule has 2 N–H and O–H groups in total. The molecule has 0 amide bonds. The summed E-state index contributed by atoms with van der Waals surface area (Å²) in [6, 6.07) is 14.3. The van der Waals surface area contributed by atoms with Gasteiger partial charge in [0.1, 0.15) is 5.82 Å². The fourth-order valence-corrected chi connectivity index (χ4v) is 2.82. The van der Waals surface area contributed by atoms with Gasteiger partial charge in [-0.2, -0.15) is 0 Å². The van der Waals surface area contributed by atoms with Crippen LogP contribution in [-0.2, 0) is 11.3 Å². The fourth-order valence-electron chi connectivity index (χ4n) is 2.82. The number of aliphatic imine (C=N–C) groups is 1. The zero-order chi connectivity index (χ0) is 20.2. The number of nitrogens with zero attached hydrogens (tertiary/aromatic N) is 3. The number of aromatic nitrogens is 1. The SMILES string of the molecule is CCNC(=NCc1cccnc1N(C)C)NCCCOC(C)c1ccccc1.